The van der Waals surface area contributed by atoms with E-state index in [1.165, 1.54) is 12.1 Å². The standard InChI is InChI=1S/C48H51N5O8/c54-40-18-16-38(39-17-20-44(56)50-46(39)40)41(55)28-49-23-8-24-53(29-32-9-3-1-4-10-32)47(57)42-19-15-37(60-42)31-59-36-14-7-13-35(27-36)45(34-11-5-2-6-12-34)51-48(58)61-43-30-52-25-21-33(43)22-26-52/h1-7,9-20,27,33,41,43,45,49,54-55H,8,21-26,28-31H2,(H,50,56)(H,51,58). The molecule has 3 fully saturated rings. The van der Waals surface area contributed by atoms with E-state index in [4.69, 9.17) is 13.9 Å². The second-order valence-electron chi connectivity index (χ2n) is 15.8. The lowest BCUT2D eigenvalue weighted by molar-refractivity contribution is -0.0336. The number of hydrogen-bond donors (Lipinski definition) is 5. The van der Waals surface area contributed by atoms with Crippen LogP contribution >= 0.6 is 0 Å². The summed E-state index contributed by atoms with van der Waals surface area (Å²) in [5, 5.41) is 28.1. The quantitative estimate of drug-likeness (QED) is 0.0627. The van der Waals surface area contributed by atoms with Gasteiger partial charge in [-0.2, -0.15) is 0 Å². The van der Waals surface area contributed by atoms with Gasteiger partial charge in [-0.25, -0.2) is 4.79 Å². The Morgan fingerprint density at radius 1 is 0.902 bits per heavy atom. The van der Waals surface area contributed by atoms with E-state index in [2.05, 4.69) is 20.5 Å². The number of furan rings is 1. The predicted molar refractivity (Wildman–Crippen MR) is 230 cm³/mol. The number of nitrogens with one attached hydrogen (secondary N) is 3. The number of fused-ring (bicyclic) bond motifs is 4. The number of nitrogens with zero attached hydrogens (tertiary/aromatic N) is 2. The summed E-state index contributed by atoms with van der Waals surface area (Å²) >= 11 is 0. The van der Waals surface area contributed by atoms with Crippen LogP contribution in [-0.2, 0) is 17.9 Å². The van der Waals surface area contributed by atoms with Gasteiger partial charge in [0.05, 0.1) is 17.7 Å². The number of phenols is 1. The van der Waals surface area contributed by atoms with Crippen LogP contribution in [0.2, 0.25) is 0 Å². The first-order chi connectivity index (χ1) is 29.8. The van der Waals surface area contributed by atoms with E-state index >= 15 is 0 Å². The Balaban J connectivity index is 0.877. The lowest BCUT2D eigenvalue weighted by Gasteiger charge is -2.43. The van der Waals surface area contributed by atoms with Crippen molar-refractivity contribution in [2.45, 2.75) is 50.7 Å². The van der Waals surface area contributed by atoms with Gasteiger partial charge >= 0.3 is 6.09 Å². The predicted octanol–water partition coefficient (Wildman–Crippen LogP) is 6.67. The number of pyridine rings is 1. The highest BCUT2D eigenvalue weighted by Gasteiger charge is 2.37. The van der Waals surface area contributed by atoms with Crippen LogP contribution in [0.1, 0.15) is 70.0 Å². The summed E-state index contributed by atoms with van der Waals surface area (Å²) in [6.07, 6.45) is 1.25. The third-order valence-electron chi connectivity index (χ3n) is 11.6. The summed E-state index contributed by atoms with van der Waals surface area (Å²) in [5.74, 6) is 1.32. The van der Waals surface area contributed by atoms with Crippen molar-refractivity contribution >= 4 is 22.9 Å². The molecule has 13 nitrogen and oxygen atoms in total. The third-order valence-corrected chi connectivity index (χ3v) is 11.6. The average Bonchev–Trinajstić information content (AvgIpc) is 3.77. The van der Waals surface area contributed by atoms with Crippen molar-refractivity contribution in [2.24, 2.45) is 5.92 Å². The first-order valence-electron chi connectivity index (χ1n) is 20.9. The number of piperidine rings is 3. The molecule has 61 heavy (non-hydrogen) atoms. The first-order valence-corrected chi connectivity index (χ1v) is 20.9. The number of carbonyl (C=O) groups is 2. The van der Waals surface area contributed by atoms with Crippen LogP contribution in [0.4, 0.5) is 4.79 Å². The Hall–Kier alpha value is -6.41. The number of aliphatic hydroxyl groups excluding tert-OH is 1. The molecule has 2 aromatic heterocycles. The van der Waals surface area contributed by atoms with E-state index in [9.17, 15) is 24.6 Å². The molecule has 3 unspecified atom stereocenters. The second kappa shape index (κ2) is 19.3. The molecule has 6 aromatic rings. The Bertz CT molecular complexity index is 2470. The molecule has 0 radical (unpaired) electrons. The van der Waals surface area contributed by atoms with Crippen molar-refractivity contribution in [3.05, 3.63) is 165 Å². The number of aromatic nitrogens is 1. The second-order valence-corrected chi connectivity index (χ2v) is 15.8. The fraction of sp³-hybridized carbons (Fsp3) is 0.312. The highest BCUT2D eigenvalue weighted by Crippen LogP contribution is 2.32. The number of benzene rings is 4. The molecule has 9 rings (SSSR count). The maximum atomic E-state index is 13.9. The molecule has 2 bridgehead atoms. The van der Waals surface area contributed by atoms with Crippen LogP contribution in [0.5, 0.6) is 11.5 Å². The number of amides is 2. The molecule has 0 saturated carbocycles. The molecule has 3 saturated heterocycles. The van der Waals surface area contributed by atoms with E-state index in [-0.39, 0.29) is 47.7 Å². The number of rotatable bonds is 17. The Labute approximate surface area is 353 Å². The maximum Gasteiger partial charge on any atom is 0.408 e. The van der Waals surface area contributed by atoms with Crippen LogP contribution in [0.25, 0.3) is 10.9 Å². The van der Waals surface area contributed by atoms with E-state index in [1.807, 2.05) is 84.9 Å². The summed E-state index contributed by atoms with van der Waals surface area (Å²) in [5.41, 5.74) is 3.23. The van der Waals surface area contributed by atoms with Crippen molar-refractivity contribution < 1.29 is 33.7 Å². The number of carbonyl (C=O) groups excluding carboxylic acids is 2. The van der Waals surface area contributed by atoms with Crippen molar-refractivity contribution in [1.29, 1.82) is 0 Å². The van der Waals surface area contributed by atoms with Gasteiger partial charge in [0, 0.05) is 37.6 Å². The molecule has 3 aliphatic heterocycles. The smallest absolute Gasteiger partial charge is 0.408 e. The highest BCUT2D eigenvalue weighted by atomic mass is 16.6. The number of aromatic hydroxyl groups is 1. The summed E-state index contributed by atoms with van der Waals surface area (Å²) in [6, 6.07) is 36.1. The Kier molecular flexibility index (Phi) is 13.1. The summed E-state index contributed by atoms with van der Waals surface area (Å²) < 4.78 is 18.2. The lowest BCUT2D eigenvalue weighted by Crippen LogP contribution is -2.52. The van der Waals surface area contributed by atoms with Gasteiger partial charge in [0.25, 0.3) is 5.91 Å². The Morgan fingerprint density at radius 3 is 2.44 bits per heavy atom. The van der Waals surface area contributed by atoms with Gasteiger partial charge in [-0.05, 0) is 103 Å². The maximum absolute atomic E-state index is 13.9. The third kappa shape index (κ3) is 10.3. The largest absolute Gasteiger partial charge is 0.506 e. The molecule has 3 atom stereocenters. The SMILES string of the molecule is O=C(NC(c1ccccc1)c1cccc(OCc2ccc(C(=O)N(CCCNCC(O)c3ccc(O)c4[nH]c(=O)ccc34)Cc3ccccc3)o2)c1)OC1CN2CCC1CC2. The van der Waals surface area contributed by atoms with E-state index in [0.29, 0.717) is 54.4 Å². The molecule has 0 spiro atoms. The Morgan fingerprint density at radius 2 is 1.67 bits per heavy atom. The van der Waals surface area contributed by atoms with E-state index < -0.39 is 18.2 Å². The van der Waals surface area contributed by atoms with Crippen molar-refractivity contribution in [1.82, 2.24) is 25.4 Å². The summed E-state index contributed by atoms with van der Waals surface area (Å²) in [4.78, 5) is 45.7. The molecular weight excluding hydrogens is 775 g/mol. The molecule has 13 heteroatoms. The number of ether oxygens (including phenoxy) is 2. The van der Waals surface area contributed by atoms with E-state index in [0.717, 1.165) is 49.2 Å². The van der Waals surface area contributed by atoms with Gasteiger partial charge in [-0.15, -0.1) is 0 Å². The van der Waals surface area contributed by atoms with Gasteiger partial charge < -0.3 is 44.6 Å². The van der Waals surface area contributed by atoms with Crippen LogP contribution in [0, 0.1) is 5.92 Å². The number of aliphatic hydroxyl groups is 1. The molecule has 3 aliphatic rings. The molecule has 4 aromatic carbocycles. The summed E-state index contributed by atoms with van der Waals surface area (Å²) in [7, 11) is 0. The minimum atomic E-state index is -0.896. The first kappa shape index (κ1) is 41.3. The number of H-pyrrole nitrogens is 1. The fourth-order valence-electron chi connectivity index (χ4n) is 8.35. The monoisotopic (exact) mass is 825 g/mol. The van der Waals surface area contributed by atoms with Crippen LogP contribution in [-0.4, -0.2) is 82.4 Å². The molecular formula is C48H51N5O8. The minimum absolute atomic E-state index is 0.0674. The van der Waals surface area contributed by atoms with Gasteiger partial charge in [0.1, 0.15) is 30.0 Å². The van der Waals surface area contributed by atoms with E-state index in [1.54, 1.807) is 29.2 Å². The van der Waals surface area contributed by atoms with Crippen molar-refractivity contribution in [3.8, 4) is 11.5 Å². The number of aromatic amines is 1. The zero-order valence-electron chi connectivity index (χ0n) is 33.9. The zero-order valence-corrected chi connectivity index (χ0v) is 33.9. The van der Waals surface area contributed by atoms with Crippen molar-refractivity contribution in [2.75, 3.05) is 39.3 Å². The number of alkyl carbamates (subject to hydrolysis) is 1. The van der Waals surface area contributed by atoms with Gasteiger partial charge in [0.2, 0.25) is 5.56 Å². The van der Waals surface area contributed by atoms with Gasteiger partial charge in [-0.1, -0.05) is 78.9 Å². The highest BCUT2D eigenvalue weighted by molar-refractivity contribution is 5.91. The van der Waals surface area contributed by atoms with Gasteiger partial charge in [-0.3, -0.25) is 14.5 Å². The average molecular weight is 826 g/mol. The number of phenolic OH excluding ortho intramolecular Hbond substituents is 1. The lowest BCUT2D eigenvalue weighted by atomic mass is 9.86. The molecule has 5 heterocycles. The molecule has 2 amide bonds. The topological polar surface area (TPSA) is 170 Å². The fourth-order valence-corrected chi connectivity index (χ4v) is 8.35. The van der Waals surface area contributed by atoms with Crippen molar-refractivity contribution in [3.63, 3.8) is 0 Å². The normalized spacial score (nSPS) is 18.0. The summed E-state index contributed by atoms with van der Waals surface area (Å²) in [6.45, 7) is 4.53. The van der Waals surface area contributed by atoms with Crippen LogP contribution in [0.15, 0.2) is 131 Å². The number of hydrogen-bond acceptors (Lipinski definition) is 10. The molecule has 0 aliphatic carbocycles. The minimum Gasteiger partial charge on any atom is -0.506 e. The zero-order chi connectivity index (χ0) is 42.1. The van der Waals surface area contributed by atoms with Crippen LogP contribution in [0.3, 0.4) is 0 Å². The van der Waals surface area contributed by atoms with Crippen LogP contribution < -0.4 is 20.9 Å². The molecule has 5 N–H and O–H groups in total. The van der Waals surface area contributed by atoms with Gasteiger partial charge in [0.15, 0.2) is 5.76 Å². The molecule has 316 valence electrons.